The van der Waals surface area contributed by atoms with E-state index in [0.29, 0.717) is 25.9 Å². The van der Waals surface area contributed by atoms with E-state index >= 15 is 0 Å². The molecule has 12 heteroatoms. The van der Waals surface area contributed by atoms with Crippen LogP contribution in [-0.2, 0) is 19.5 Å². The van der Waals surface area contributed by atoms with Crippen LogP contribution in [0.2, 0.25) is 0 Å². The van der Waals surface area contributed by atoms with Gasteiger partial charge in [0, 0.05) is 24.8 Å². The van der Waals surface area contributed by atoms with Crippen molar-refractivity contribution in [2.75, 3.05) is 31.8 Å². The fourth-order valence-corrected chi connectivity index (χ4v) is 2.91. The van der Waals surface area contributed by atoms with Crippen LogP contribution >= 0.6 is 12.0 Å². The van der Waals surface area contributed by atoms with Crippen LogP contribution in [-0.4, -0.2) is 69.6 Å². The van der Waals surface area contributed by atoms with Gasteiger partial charge in [0.25, 0.3) is 10.1 Å². The van der Waals surface area contributed by atoms with E-state index in [1.165, 1.54) is 4.90 Å². The van der Waals surface area contributed by atoms with Crippen LogP contribution in [0.25, 0.3) is 0 Å². The Labute approximate surface area is 126 Å². The fourth-order valence-electron chi connectivity index (χ4n) is 1.94. The minimum atomic E-state index is -4.02. The average Bonchev–Trinajstić information content (AvgIpc) is 2.98. The highest BCUT2D eigenvalue weighted by Gasteiger charge is 2.20. The maximum Gasteiger partial charge on any atom is 0.283 e. The highest BCUT2D eigenvalue weighted by atomic mass is 32.2. The Hall–Kier alpha value is -1.18. The summed E-state index contributed by atoms with van der Waals surface area (Å²) >= 11 is 0.948. The lowest BCUT2D eigenvalue weighted by Crippen LogP contribution is -2.36. The molecule has 2 N–H and O–H groups in total. The number of hydrogen-bond donors (Lipinski definition) is 2. The van der Waals surface area contributed by atoms with E-state index in [1.807, 2.05) is 27.1 Å². The molecule has 0 aromatic carbocycles. The predicted molar refractivity (Wildman–Crippen MR) is 73.9 cm³/mol. The SMILES string of the molecule is O=S(=O)(O)CN1C=CN(CN2C=CN(CSOOO)C2)C1. The monoisotopic (exact) mass is 340 g/mol. The topological polar surface area (TPSA) is 106 Å². The Kier molecular flexibility index (Phi) is 5.55. The third kappa shape index (κ3) is 5.61. The summed E-state index contributed by atoms with van der Waals surface area (Å²) in [5.41, 5.74) is 0. The van der Waals surface area contributed by atoms with E-state index < -0.39 is 16.0 Å². The lowest BCUT2D eigenvalue weighted by atomic mass is 10.7. The summed E-state index contributed by atoms with van der Waals surface area (Å²) in [6, 6.07) is 0. The van der Waals surface area contributed by atoms with Gasteiger partial charge in [0.1, 0.15) is 5.88 Å². The van der Waals surface area contributed by atoms with Gasteiger partial charge in [-0.05, 0) is 0 Å². The van der Waals surface area contributed by atoms with Gasteiger partial charge in [-0.25, -0.2) is 5.26 Å². The number of rotatable bonds is 8. The van der Waals surface area contributed by atoms with Gasteiger partial charge in [0.15, 0.2) is 0 Å². The first-order valence-electron chi connectivity index (χ1n) is 5.84. The second kappa shape index (κ2) is 7.20. The van der Waals surface area contributed by atoms with Gasteiger partial charge >= 0.3 is 0 Å². The lowest BCUT2D eigenvalue weighted by Gasteiger charge is -2.26. The molecule has 0 fully saturated rings. The second-order valence-electron chi connectivity index (χ2n) is 4.48. The molecular formula is C9H16N4O6S2. The predicted octanol–water partition coefficient (Wildman–Crippen LogP) is -0.0913. The number of nitrogens with zero attached hydrogens (tertiary/aromatic N) is 4. The third-order valence-corrected chi connectivity index (χ3v) is 3.94. The van der Waals surface area contributed by atoms with E-state index in [2.05, 4.69) is 9.37 Å². The summed E-state index contributed by atoms with van der Waals surface area (Å²) in [6.45, 7) is 1.60. The molecule has 2 aliphatic heterocycles. The Balaban J connectivity index is 1.68. The minimum absolute atomic E-state index is 0.389. The molecule has 120 valence electrons. The van der Waals surface area contributed by atoms with Gasteiger partial charge in [-0.15, -0.1) is 4.33 Å². The molecule has 0 aliphatic carbocycles. The van der Waals surface area contributed by atoms with E-state index in [4.69, 9.17) is 9.81 Å². The van der Waals surface area contributed by atoms with Crippen molar-refractivity contribution in [1.82, 2.24) is 19.6 Å². The van der Waals surface area contributed by atoms with Gasteiger partial charge in [-0.2, -0.15) is 8.42 Å². The molecular weight excluding hydrogens is 324 g/mol. The minimum Gasteiger partial charge on any atom is -0.347 e. The van der Waals surface area contributed by atoms with Crippen molar-refractivity contribution in [1.29, 1.82) is 0 Å². The summed E-state index contributed by atoms with van der Waals surface area (Å²) in [5, 5.41) is 11.5. The molecule has 21 heavy (non-hydrogen) atoms. The zero-order valence-electron chi connectivity index (χ0n) is 11.0. The molecule has 0 spiro atoms. The molecule has 0 saturated carbocycles. The van der Waals surface area contributed by atoms with Crippen LogP contribution in [0.4, 0.5) is 0 Å². The molecule has 0 unspecified atom stereocenters. The Bertz CT molecular complexity index is 498. The standard InChI is InChI=1S/C9H16N4O6S2/c14-18-19-20-8-12-3-1-10(6-12)5-11-2-4-13(7-11)9-21(15,16)17/h1-4,14H,5-9H2,(H,15,16,17). The van der Waals surface area contributed by atoms with E-state index in [1.54, 1.807) is 12.4 Å². The van der Waals surface area contributed by atoms with Crippen LogP contribution in [0, 0.1) is 0 Å². The fraction of sp³-hybridized carbons (Fsp3) is 0.556. The van der Waals surface area contributed by atoms with Crippen LogP contribution in [0.3, 0.4) is 0 Å². The molecule has 0 radical (unpaired) electrons. The van der Waals surface area contributed by atoms with Crippen LogP contribution in [0.15, 0.2) is 24.8 Å². The lowest BCUT2D eigenvalue weighted by molar-refractivity contribution is -0.432. The van der Waals surface area contributed by atoms with E-state index in [0.717, 1.165) is 12.0 Å². The average molecular weight is 340 g/mol. The highest BCUT2D eigenvalue weighted by molar-refractivity contribution is 7.94. The highest BCUT2D eigenvalue weighted by Crippen LogP contribution is 2.15. The summed E-state index contributed by atoms with van der Waals surface area (Å²) in [7, 11) is -4.02. The Morgan fingerprint density at radius 1 is 1.05 bits per heavy atom. The Morgan fingerprint density at radius 3 is 2.24 bits per heavy atom. The van der Waals surface area contributed by atoms with Crippen molar-refractivity contribution in [3.05, 3.63) is 24.8 Å². The first-order chi connectivity index (χ1) is 9.96. The van der Waals surface area contributed by atoms with E-state index in [-0.39, 0.29) is 0 Å². The van der Waals surface area contributed by atoms with Crippen molar-refractivity contribution in [3.63, 3.8) is 0 Å². The van der Waals surface area contributed by atoms with Crippen molar-refractivity contribution < 1.29 is 27.6 Å². The second-order valence-corrected chi connectivity index (χ2v) is 6.53. The molecule has 0 saturated heterocycles. The third-order valence-electron chi connectivity index (χ3n) is 2.69. The summed E-state index contributed by atoms with van der Waals surface area (Å²) in [4.78, 5) is 7.33. The van der Waals surface area contributed by atoms with Gasteiger partial charge in [0.2, 0.25) is 0 Å². The first kappa shape index (κ1) is 16.2. The summed E-state index contributed by atoms with van der Waals surface area (Å²) in [6.07, 6.45) is 7.13. The van der Waals surface area contributed by atoms with E-state index in [9.17, 15) is 8.42 Å². The zero-order chi connectivity index (χ0) is 15.3. The maximum absolute atomic E-state index is 10.8. The van der Waals surface area contributed by atoms with Crippen LogP contribution < -0.4 is 0 Å². The molecule has 2 rings (SSSR count). The van der Waals surface area contributed by atoms with Gasteiger partial charge in [0.05, 0.1) is 37.9 Å². The normalized spacial score (nSPS) is 18.4. The van der Waals surface area contributed by atoms with Crippen LogP contribution in [0.1, 0.15) is 0 Å². The molecule has 0 amide bonds. The molecule has 10 nitrogen and oxygen atoms in total. The molecule has 0 bridgehead atoms. The van der Waals surface area contributed by atoms with Crippen molar-refractivity contribution in [2.45, 2.75) is 0 Å². The number of hydrogen-bond acceptors (Lipinski definition) is 10. The quantitative estimate of drug-likeness (QED) is 0.203. The summed E-state index contributed by atoms with van der Waals surface area (Å²) < 4.78 is 34.7. The molecule has 0 atom stereocenters. The summed E-state index contributed by atoms with van der Waals surface area (Å²) in [5.74, 6) is 0.0649. The molecule has 0 aromatic rings. The smallest absolute Gasteiger partial charge is 0.283 e. The molecule has 0 aromatic heterocycles. The van der Waals surface area contributed by atoms with Crippen LogP contribution in [0.5, 0.6) is 0 Å². The zero-order valence-corrected chi connectivity index (χ0v) is 12.6. The van der Waals surface area contributed by atoms with Crippen molar-refractivity contribution >= 4 is 22.2 Å². The van der Waals surface area contributed by atoms with Gasteiger partial charge < -0.3 is 19.6 Å². The first-order valence-corrected chi connectivity index (χ1v) is 8.36. The molecule has 2 heterocycles. The largest absolute Gasteiger partial charge is 0.347 e. The van der Waals surface area contributed by atoms with Crippen molar-refractivity contribution in [3.8, 4) is 0 Å². The molecule has 2 aliphatic rings. The Morgan fingerprint density at radius 2 is 1.62 bits per heavy atom. The van der Waals surface area contributed by atoms with Gasteiger partial charge in [-0.1, -0.05) is 5.04 Å². The maximum atomic E-state index is 10.8. The van der Waals surface area contributed by atoms with Crippen molar-refractivity contribution in [2.24, 2.45) is 0 Å². The van der Waals surface area contributed by atoms with Gasteiger partial charge in [-0.3, -0.25) is 4.55 Å².